The Morgan fingerprint density at radius 3 is 2.63 bits per heavy atom. The van der Waals surface area contributed by atoms with Gasteiger partial charge in [0.15, 0.2) is 5.69 Å². The van der Waals surface area contributed by atoms with Crippen LogP contribution in [0, 0.1) is 6.92 Å². The van der Waals surface area contributed by atoms with Crippen LogP contribution in [0.15, 0.2) is 30.7 Å². The van der Waals surface area contributed by atoms with E-state index in [9.17, 15) is 9.59 Å². The number of hydrogen-bond acceptors (Lipinski definition) is 6. The average Bonchev–Trinajstić information content (AvgIpc) is 3.37. The van der Waals surface area contributed by atoms with Gasteiger partial charge in [-0.15, -0.1) is 0 Å². The lowest BCUT2D eigenvalue weighted by atomic mass is 10.1. The Labute approximate surface area is 176 Å². The maximum absolute atomic E-state index is 13.2. The van der Waals surface area contributed by atoms with Gasteiger partial charge in [0.1, 0.15) is 5.82 Å². The maximum Gasteiger partial charge on any atom is 0.280 e. The Bertz CT molecular complexity index is 910. The number of carbonyl (C=O) groups excluding carboxylic acids is 2. The number of nitrogens with zero attached hydrogens (tertiary/aromatic N) is 6. The zero-order valence-electron chi connectivity index (χ0n) is 17.6. The zero-order valence-corrected chi connectivity index (χ0v) is 17.6. The Morgan fingerprint density at radius 2 is 1.93 bits per heavy atom. The number of aromatic nitrogens is 3. The second-order valence-corrected chi connectivity index (χ2v) is 7.90. The molecule has 0 bridgehead atoms. The number of carbonyl (C=O) groups is 2. The topological polar surface area (TPSA) is 82.5 Å². The first-order valence-corrected chi connectivity index (χ1v) is 10.7. The van der Waals surface area contributed by atoms with Crippen LogP contribution in [0.4, 0.5) is 5.82 Å². The second-order valence-electron chi connectivity index (χ2n) is 7.90. The fourth-order valence-electron chi connectivity index (χ4n) is 4.21. The molecule has 0 unspecified atom stereocenters. The van der Waals surface area contributed by atoms with Crippen LogP contribution in [0.3, 0.4) is 0 Å². The molecule has 0 aromatic carbocycles. The van der Waals surface area contributed by atoms with Crippen LogP contribution in [-0.4, -0.2) is 69.3 Å². The summed E-state index contributed by atoms with van der Waals surface area (Å²) in [6.45, 7) is 8.39. The highest BCUT2D eigenvalue weighted by Gasteiger charge is 2.42. The van der Waals surface area contributed by atoms with Gasteiger partial charge in [0, 0.05) is 38.2 Å². The van der Waals surface area contributed by atoms with E-state index in [1.165, 1.54) is 19.0 Å². The Hall–Kier alpha value is -2.87. The Balaban J connectivity index is 1.55. The van der Waals surface area contributed by atoms with Gasteiger partial charge >= 0.3 is 0 Å². The van der Waals surface area contributed by atoms with Crippen molar-refractivity contribution in [1.82, 2.24) is 24.8 Å². The van der Waals surface area contributed by atoms with Crippen molar-refractivity contribution in [1.29, 1.82) is 0 Å². The van der Waals surface area contributed by atoms with Gasteiger partial charge < -0.3 is 9.80 Å². The minimum absolute atomic E-state index is 0.0186. The lowest BCUT2D eigenvalue weighted by Gasteiger charge is -2.28. The average molecular weight is 409 g/mol. The normalized spacial score (nSPS) is 18.7. The molecule has 0 N–H and O–H groups in total. The third kappa shape index (κ3) is 4.05. The van der Waals surface area contributed by atoms with Gasteiger partial charge in [0.05, 0.1) is 18.2 Å². The monoisotopic (exact) mass is 408 g/mol. The van der Waals surface area contributed by atoms with E-state index in [0.717, 1.165) is 25.2 Å². The third-order valence-electron chi connectivity index (χ3n) is 5.91. The summed E-state index contributed by atoms with van der Waals surface area (Å²) in [6.07, 6.45) is 7.44. The molecule has 2 amide bonds. The highest BCUT2D eigenvalue weighted by Crippen LogP contribution is 2.36. The smallest absolute Gasteiger partial charge is 0.280 e. The van der Waals surface area contributed by atoms with Gasteiger partial charge in [0.2, 0.25) is 5.91 Å². The summed E-state index contributed by atoms with van der Waals surface area (Å²) in [6, 6.07) is 3.22. The van der Waals surface area contributed by atoms with Crippen LogP contribution in [0.5, 0.6) is 0 Å². The van der Waals surface area contributed by atoms with Crippen LogP contribution >= 0.6 is 0 Å². The molecule has 8 nitrogen and oxygen atoms in total. The molecule has 8 heteroatoms. The van der Waals surface area contributed by atoms with E-state index in [1.807, 2.05) is 30.9 Å². The number of fused-ring (bicyclic) bond motifs is 1. The number of likely N-dealkylation sites (tertiary alicyclic amines) is 1. The maximum atomic E-state index is 13.2. The number of amides is 2. The first-order chi connectivity index (χ1) is 14.6. The van der Waals surface area contributed by atoms with Crippen molar-refractivity contribution in [3.05, 3.63) is 47.7 Å². The SMILES string of the molecule is CCN(CCN1CCCC1)C(=O)C[C@H]1c2nccnc2C(=O)N1c1ccc(C)cn1. The molecule has 158 valence electrons. The van der Waals surface area contributed by atoms with Gasteiger partial charge in [-0.05, 0) is 51.4 Å². The first kappa shape index (κ1) is 20.4. The Morgan fingerprint density at radius 1 is 1.17 bits per heavy atom. The van der Waals surface area contributed by atoms with E-state index in [1.54, 1.807) is 17.3 Å². The molecule has 1 saturated heterocycles. The van der Waals surface area contributed by atoms with Gasteiger partial charge in [-0.25, -0.2) is 9.97 Å². The van der Waals surface area contributed by atoms with E-state index in [0.29, 0.717) is 30.3 Å². The molecule has 1 fully saturated rings. The van der Waals surface area contributed by atoms with E-state index >= 15 is 0 Å². The van der Waals surface area contributed by atoms with Crippen molar-refractivity contribution in [2.45, 2.75) is 39.2 Å². The summed E-state index contributed by atoms with van der Waals surface area (Å²) < 4.78 is 0. The van der Waals surface area contributed by atoms with Gasteiger partial charge in [-0.1, -0.05) is 6.07 Å². The van der Waals surface area contributed by atoms with Crippen molar-refractivity contribution in [2.75, 3.05) is 37.6 Å². The third-order valence-corrected chi connectivity index (χ3v) is 5.91. The van der Waals surface area contributed by atoms with Crippen LogP contribution in [0.1, 0.15) is 54.0 Å². The molecule has 0 aliphatic carbocycles. The molecule has 4 heterocycles. The molecular weight excluding hydrogens is 380 g/mol. The predicted octanol–water partition coefficient (Wildman–Crippen LogP) is 2.22. The highest BCUT2D eigenvalue weighted by atomic mass is 16.2. The van der Waals surface area contributed by atoms with Crippen LogP contribution in [0.2, 0.25) is 0 Å². The molecule has 0 spiro atoms. The summed E-state index contributed by atoms with van der Waals surface area (Å²) in [5, 5.41) is 0. The summed E-state index contributed by atoms with van der Waals surface area (Å²) in [5.41, 5.74) is 1.86. The summed E-state index contributed by atoms with van der Waals surface area (Å²) in [4.78, 5) is 45.1. The van der Waals surface area contributed by atoms with Crippen LogP contribution < -0.4 is 4.90 Å². The molecular formula is C22H28N6O2. The van der Waals surface area contributed by atoms with Gasteiger partial charge in [0.25, 0.3) is 5.91 Å². The molecule has 2 aliphatic heterocycles. The number of rotatable bonds is 7. The number of likely N-dealkylation sites (N-methyl/N-ethyl adjacent to an activating group) is 1. The molecule has 30 heavy (non-hydrogen) atoms. The van der Waals surface area contributed by atoms with Crippen molar-refractivity contribution in [3.8, 4) is 0 Å². The van der Waals surface area contributed by atoms with Gasteiger partial charge in [-0.3, -0.25) is 19.5 Å². The Kier molecular flexibility index (Phi) is 6.03. The minimum Gasteiger partial charge on any atom is -0.342 e. The number of aryl methyl sites for hydroxylation is 1. The highest BCUT2D eigenvalue weighted by molar-refractivity contribution is 6.09. The largest absolute Gasteiger partial charge is 0.342 e. The quantitative estimate of drug-likeness (QED) is 0.699. The predicted molar refractivity (Wildman–Crippen MR) is 113 cm³/mol. The van der Waals surface area contributed by atoms with Gasteiger partial charge in [-0.2, -0.15) is 0 Å². The second kappa shape index (κ2) is 8.87. The van der Waals surface area contributed by atoms with E-state index in [2.05, 4.69) is 19.9 Å². The van der Waals surface area contributed by atoms with Crippen molar-refractivity contribution >= 4 is 17.6 Å². The lowest BCUT2D eigenvalue weighted by Crippen LogP contribution is -2.40. The van der Waals surface area contributed by atoms with E-state index in [4.69, 9.17) is 0 Å². The minimum atomic E-state index is -0.496. The molecule has 4 rings (SSSR count). The van der Waals surface area contributed by atoms with Crippen molar-refractivity contribution < 1.29 is 9.59 Å². The fraction of sp³-hybridized carbons (Fsp3) is 0.500. The van der Waals surface area contributed by atoms with E-state index in [-0.39, 0.29) is 18.2 Å². The van der Waals surface area contributed by atoms with Crippen molar-refractivity contribution in [2.24, 2.45) is 0 Å². The molecule has 0 radical (unpaired) electrons. The molecule has 1 atom stereocenters. The van der Waals surface area contributed by atoms with E-state index < -0.39 is 6.04 Å². The lowest BCUT2D eigenvalue weighted by molar-refractivity contribution is -0.131. The standard InChI is InChI=1S/C22H28N6O2/c1-3-27(13-12-26-10-4-5-11-26)19(29)14-17-20-21(24-9-8-23-20)22(30)28(17)18-7-6-16(2)15-25-18/h6-9,15,17H,3-5,10-14H2,1-2H3/t17-/m0/s1. The molecule has 2 aromatic rings. The summed E-state index contributed by atoms with van der Waals surface area (Å²) >= 11 is 0. The van der Waals surface area contributed by atoms with Crippen molar-refractivity contribution in [3.63, 3.8) is 0 Å². The van der Waals surface area contributed by atoms with Crippen LogP contribution in [-0.2, 0) is 4.79 Å². The number of pyridine rings is 1. The molecule has 2 aromatic heterocycles. The summed E-state index contributed by atoms with van der Waals surface area (Å²) in [7, 11) is 0. The fourth-order valence-corrected chi connectivity index (χ4v) is 4.21. The molecule has 0 saturated carbocycles. The zero-order chi connectivity index (χ0) is 21.1. The first-order valence-electron chi connectivity index (χ1n) is 10.7. The number of hydrogen-bond donors (Lipinski definition) is 0. The summed E-state index contributed by atoms with van der Waals surface area (Å²) in [5.74, 6) is 0.279. The van der Waals surface area contributed by atoms with Crippen LogP contribution in [0.25, 0.3) is 0 Å². The number of anilines is 1. The molecule has 2 aliphatic rings.